The van der Waals surface area contributed by atoms with E-state index in [1.165, 1.54) is 4.90 Å². The Balaban J connectivity index is 1.71. The molecule has 0 N–H and O–H groups in total. The fourth-order valence-electron chi connectivity index (χ4n) is 4.46. The SMILES string of the molecule is COc1ccc(CCN2C(=O)N(C)C(=O)C23CCN(CC(C)(C)C)CC3)cc1. The Morgan fingerprint density at radius 2 is 1.68 bits per heavy atom. The van der Waals surface area contributed by atoms with Crippen molar-refractivity contribution < 1.29 is 14.3 Å². The maximum absolute atomic E-state index is 13.0. The van der Waals surface area contributed by atoms with Gasteiger partial charge in [0.15, 0.2) is 0 Å². The number of amides is 3. The average molecular weight is 388 g/mol. The molecule has 28 heavy (non-hydrogen) atoms. The summed E-state index contributed by atoms with van der Waals surface area (Å²) in [7, 11) is 3.26. The van der Waals surface area contributed by atoms with E-state index in [0.29, 0.717) is 19.4 Å². The monoisotopic (exact) mass is 387 g/mol. The van der Waals surface area contributed by atoms with Crippen molar-refractivity contribution in [3.05, 3.63) is 29.8 Å². The predicted octanol–water partition coefficient (Wildman–Crippen LogP) is 3.01. The maximum Gasteiger partial charge on any atom is 0.327 e. The second-order valence-electron chi connectivity index (χ2n) is 9.26. The van der Waals surface area contributed by atoms with Gasteiger partial charge in [-0.2, -0.15) is 0 Å². The van der Waals surface area contributed by atoms with Crippen LogP contribution in [0, 0.1) is 5.41 Å². The van der Waals surface area contributed by atoms with Crippen LogP contribution in [0.4, 0.5) is 4.79 Å². The largest absolute Gasteiger partial charge is 0.497 e. The molecule has 0 bridgehead atoms. The van der Waals surface area contributed by atoms with E-state index in [1.54, 1.807) is 14.2 Å². The van der Waals surface area contributed by atoms with Gasteiger partial charge in [-0.05, 0) is 42.4 Å². The summed E-state index contributed by atoms with van der Waals surface area (Å²) in [6, 6.07) is 7.73. The molecule has 2 fully saturated rings. The van der Waals surface area contributed by atoms with Crippen LogP contribution in [0.15, 0.2) is 24.3 Å². The lowest BCUT2D eigenvalue weighted by atomic mass is 9.84. The van der Waals surface area contributed by atoms with Gasteiger partial charge in [0.25, 0.3) is 5.91 Å². The van der Waals surface area contributed by atoms with Gasteiger partial charge in [0, 0.05) is 33.2 Å². The van der Waals surface area contributed by atoms with Crippen LogP contribution >= 0.6 is 0 Å². The summed E-state index contributed by atoms with van der Waals surface area (Å²) in [6.07, 6.45) is 2.14. The summed E-state index contributed by atoms with van der Waals surface area (Å²) < 4.78 is 5.21. The zero-order valence-electron chi connectivity index (χ0n) is 17.8. The van der Waals surface area contributed by atoms with Crippen LogP contribution in [0.2, 0.25) is 0 Å². The highest BCUT2D eigenvalue weighted by Gasteiger charge is 2.56. The molecule has 6 heteroatoms. The van der Waals surface area contributed by atoms with Crippen molar-refractivity contribution in [1.82, 2.24) is 14.7 Å². The predicted molar refractivity (Wildman–Crippen MR) is 109 cm³/mol. The molecule has 1 aromatic carbocycles. The minimum atomic E-state index is -0.674. The molecule has 1 spiro atoms. The Morgan fingerprint density at radius 3 is 2.21 bits per heavy atom. The summed E-state index contributed by atoms with van der Waals surface area (Å²) in [5, 5.41) is 0. The number of benzene rings is 1. The zero-order valence-corrected chi connectivity index (χ0v) is 17.8. The summed E-state index contributed by atoms with van der Waals surface area (Å²) in [5.41, 5.74) is 0.688. The van der Waals surface area contributed by atoms with Gasteiger partial charge in [0.05, 0.1) is 7.11 Å². The minimum Gasteiger partial charge on any atom is -0.497 e. The van der Waals surface area contributed by atoms with Gasteiger partial charge in [-0.15, -0.1) is 0 Å². The first-order chi connectivity index (χ1) is 13.2. The Kier molecular flexibility index (Phi) is 5.71. The Bertz CT molecular complexity index is 716. The number of methoxy groups -OCH3 is 1. The average Bonchev–Trinajstić information content (AvgIpc) is 2.83. The molecule has 2 saturated heterocycles. The fourth-order valence-corrected chi connectivity index (χ4v) is 4.46. The van der Waals surface area contributed by atoms with Crippen LogP contribution in [0.5, 0.6) is 5.75 Å². The van der Waals surface area contributed by atoms with Crippen molar-refractivity contribution in [2.45, 2.75) is 45.6 Å². The van der Waals surface area contributed by atoms with Gasteiger partial charge in [0.1, 0.15) is 11.3 Å². The Hall–Kier alpha value is -2.08. The third-order valence-electron chi connectivity index (χ3n) is 5.90. The van der Waals surface area contributed by atoms with Crippen molar-refractivity contribution in [1.29, 1.82) is 0 Å². The number of hydrogen-bond acceptors (Lipinski definition) is 4. The molecule has 1 aromatic rings. The van der Waals surface area contributed by atoms with Crippen molar-refractivity contribution in [2.75, 3.05) is 40.3 Å². The fraction of sp³-hybridized carbons (Fsp3) is 0.636. The van der Waals surface area contributed by atoms with Gasteiger partial charge in [-0.1, -0.05) is 32.9 Å². The normalized spacial score (nSPS) is 20.3. The summed E-state index contributed by atoms with van der Waals surface area (Å²) in [5.74, 6) is 0.779. The highest BCUT2D eigenvalue weighted by molar-refractivity contribution is 6.06. The van der Waals surface area contributed by atoms with E-state index in [0.717, 1.165) is 37.4 Å². The molecule has 6 nitrogen and oxygen atoms in total. The van der Waals surface area contributed by atoms with Gasteiger partial charge in [-0.3, -0.25) is 9.69 Å². The number of imide groups is 1. The van der Waals surface area contributed by atoms with Crippen molar-refractivity contribution in [3.63, 3.8) is 0 Å². The summed E-state index contributed by atoms with van der Waals surface area (Å²) >= 11 is 0. The number of rotatable bonds is 5. The number of carbonyl (C=O) groups is 2. The summed E-state index contributed by atoms with van der Waals surface area (Å²) in [6.45, 7) is 9.96. The van der Waals surface area contributed by atoms with E-state index >= 15 is 0 Å². The smallest absolute Gasteiger partial charge is 0.327 e. The lowest BCUT2D eigenvalue weighted by Crippen LogP contribution is -2.57. The number of carbonyl (C=O) groups excluding carboxylic acids is 2. The first-order valence-corrected chi connectivity index (χ1v) is 10.1. The number of likely N-dealkylation sites (N-methyl/N-ethyl adjacent to an activating group) is 1. The third kappa shape index (κ3) is 4.02. The number of hydrogen-bond donors (Lipinski definition) is 0. The van der Waals surface area contributed by atoms with E-state index in [2.05, 4.69) is 25.7 Å². The van der Waals surface area contributed by atoms with E-state index in [9.17, 15) is 9.59 Å². The van der Waals surface area contributed by atoms with E-state index in [1.807, 2.05) is 29.2 Å². The van der Waals surface area contributed by atoms with Gasteiger partial charge >= 0.3 is 6.03 Å². The van der Waals surface area contributed by atoms with E-state index in [-0.39, 0.29) is 17.4 Å². The molecule has 2 aliphatic heterocycles. The number of likely N-dealkylation sites (tertiary alicyclic amines) is 1. The maximum atomic E-state index is 13.0. The lowest BCUT2D eigenvalue weighted by molar-refractivity contribution is -0.135. The molecule has 154 valence electrons. The van der Waals surface area contributed by atoms with E-state index < -0.39 is 5.54 Å². The molecule has 0 aliphatic carbocycles. The first kappa shape index (κ1) is 20.6. The molecule has 0 radical (unpaired) electrons. The molecular weight excluding hydrogens is 354 g/mol. The highest BCUT2D eigenvalue weighted by Crippen LogP contribution is 2.37. The molecule has 3 amide bonds. The molecule has 0 atom stereocenters. The van der Waals surface area contributed by atoms with Crippen molar-refractivity contribution >= 4 is 11.9 Å². The van der Waals surface area contributed by atoms with Gasteiger partial charge in [0.2, 0.25) is 0 Å². The van der Waals surface area contributed by atoms with Crippen LogP contribution in [-0.4, -0.2) is 72.5 Å². The quantitative estimate of drug-likeness (QED) is 0.729. The molecule has 2 heterocycles. The molecule has 3 rings (SSSR count). The zero-order chi connectivity index (χ0) is 20.5. The third-order valence-corrected chi connectivity index (χ3v) is 5.90. The number of urea groups is 1. The topological polar surface area (TPSA) is 53.1 Å². The molecular formula is C22H33N3O3. The molecule has 0 saturated carbocycles. The molecule has 0 aromatic heterocycles. The van der Waals surface area contributed by atoms with Crippen LogP contribution in [0.3, 0.4) is 0 Å². The summed E-state index contributed by atoms with van der Waals surface area (Å²) in [4.78, 5) is 31.4. The van der Waals surface area contributed by atoms with Gasteiger partial charge < -0.3 is 14.5 Å². The molecule has 2 aliphatic rings. The second kappa shape index (κ2) is 7.74. The van der Waals surface area contributed by atoms with Crippen LogP contribution in [0.1, 0.15) is 39.2 Å². The van der Waals surface area contributed by atoms with Crippen molar-refractivity contribution in [3.8, 4) is 5.75 Å². The Morgan fingerprint density at radius 1 is 1.07 bits per heavy atom. The lowest BCUT2D eigenvalue weighted by Gasteiger charge is -2.43. The van der Waals surface area contributed by atoms with Crippen LogP contribution in [0.25, 0.3) is 0 Å². The van der Waals surface area contributed by atoms with E-state index in [4.69, 9.17) is 4.74 Å². The Labute approximate surface area is 168 Å². The van der Waals surface area contributed by atoms with Crippen molar-refractivity contribution in [2.24, 2.45) is 5.41 Å². The minimum absolute atomic E-state index is 0.0392. The second-order valence-corrected chi connectivity index (χ2v) is 9.26. The number of ether oxygens (including phenoxy) is 1. The standard InChI is InChI=1S/C22H33N3O3/c1-21(2,3)16-24-14-11-22(12-15-24)19(26)23(4)20(27)25(22)13-10-17-6-8-18(28-5)9-7-17/h6-9H,10-16H2,1-5H3. The molecule has 0 unspecified atom stereocenters. The number of nitrogens with zero attached hydrogens (tertiary/aromatic N) is 3. The van der Waals surface area contributed by atoms with Crippen LogP contribution in [-0.2, 0) is 11.2 Å². The highest BCUT2D eigenvalue weighted by atomic mass is 16.5. The number of piperidine rings is 1. The van der Waals surface area contributed by atoms with Crippen LogP contribution < -0.4 is 4.74 Å². The van der Waals surface area contributed by atoms with Gasteiger partial charge in [-0.25, -0.2) is 4.79 Å². The first-order valence-electron chi connectivity index (χ1n) is 10.1.